The van der Waals surface area contributed by atoms with Gasteiger partial charge in [-0.2, -0.15) is 0 Å². The molecule has 1 aromatic heterocycles. The van der Waals surface area contributed by atoms with Crippen LogP contribution in [0.3, 0.4) is 0 Å². The number of ketones is 1. The van der Waals surface area contributed by atoms with E-state index in [9.17, 15) is 9.90 Å². The van der Waals surface area contributed by atoms with E-state index in [2.05, 4.69) is 25.8 Å². The van der Waals surface area contributed by atoms with Gasteiger partial charge in [-0.3, -0.25) is 4.79 Å². The van der Waals surface area contributed by atoms with Gasteiger partial charge in [-0.05, 0) is 113 Å². The van der Waals surface area contributed by atoms with Crippen LogP contribution >= 0.6 is 11.3 Å². The number of rotatable bonds is 3. The second kappa shape index (κ2) is 6.63. The first kappa shape index (κ1) is 19.9. The number of aryl methyl sites for hydroxylation is 2. The van der Waals surface area contributed by atoms with Crippen LogP contribution in [0.4, 0.5) is 0 Å². The quantitative estimate of drug-likeness (QED) is 0.693. The number of carbonyl (C=O) groups is 1. The number of carbonyl (C=O) groups excluding carboxylic acids is 1. The molecule has 9 atom stereocenters. The van der Waals surface area contributed by atoms with Crippen LogP contribution in [0.15, 0.2) is 0 Å². The molecule has 0 aromatic carbocycles. The number of hydrogen-bond donors (Lipinski definition) is 1. The fourth-order valence-electron chi connectivity index (χ4n) is 9.10. The van der Waals surface area contributed by atoms with Crippen molar-refractivity contribution in [3.8, 4) is 0 Å². The minimum Gasteiger partial charge on any atom is -0.390 e. The van der Waals surface area contributed by atoms with E-state index in [4.69, 9.17) is 0 Å². The highest BCUT2D eigenvalue weighted by molar-refractivity contribution is 7.11. The average molecular weight is 428 g/mol. The van der Waals surface area contributed by atoms with Crippen LogP contribution in [0.2, 0.25) is 0 Å². The van der Waals surface area contributed by atoms with Crippen molar-refractivity contribution in [1.82, 2.24) is 4.98 Å². The van der Waals surface area contributed by atoms with Crippen molar-refractivity contribution < 1.29 is 9.90 Å². The molecule has 0 saturated heterocycles. The zero-order valence-electron chi connectivity index (χ0n) is 18.8. The maximum atomic E-state index is 13.4. The van der Waals surface area contributed by atoms with E-state index >= 15 is 0 Å². The third kappa shape index (κ3) is 2.78. The molecule has 3 nitrogen and oxygen atoms in total. The van der Waals surface area contributed by atoms with E-state index in [0.717, 1.165) is 59.6 Å². The lowest BCUT2D eigenvalue weighted by Gasteiger charge is -2.56. The minimum absolute atomic E-state index is 0.210. The lowest BCUT2D eigenvalue weighted by atomic mass is 9.49. The summed E-state index contributed by atoms with van der Waals surface area (Å²) < 4.78 is 0. The molecule has 1 heterocycles. The van der Waals surface area contributed by atoms with Gasteiger partial charge in [0.15, 0.2) is 0 Å². The van der Waals surface area contributed by atoms with E-state index in [1.54, 1.807) is 11.3 Å². The van der Waals surface area contributed by atoms with Gasteiger partial charge in [-0.15, -0.1) is 11.3 Å². The Morgan fingerprint density at radius 2 is 1.70 bits per heavy atom. The maximum Gasteiger partial charge on any atom is 0.143 e. The van der Waals surface area contributed by atoms with Gasteiger partial charge < -0.3 is 5.11 Å². The predicted octanol–water partition coefficient (Wildman–Crippen LogP) is 5.50. The van der Waals surface area contributed by atoms with Crippen molar-refractivity contribution in [2.45, 2.75) is 90.6 Å². The molecule has 6 rings (SSSR count). The van der Waals surface area contributed by atoms with Crippen molar-refractivity contribution in [2.75, 3.05) is 0 Å². The Bertz CT molecular complexity index is 859. The number of Topliss-reactive ketones (excluding diaryl/α,β-unsaturated/α-hetero) is 1. The van der Waals surface area contributed by atoms with Crippen molar-refractivity contribution in [3.63, 3.8) is 0 Å². The van der Waals surface area contributed by atoms with Gasteiger partial charge in [-0.1, -0.05) is 6.92 Å². The Hall–Kier alpha value is -0.740. The first-order valence-corrected chi connectivity index (χ1v) is 13.3. The SMILES string of the molecule is Cc1nc(CC(=O)[C@H]2CC[C@H]3[C@@H]4CC[C@@H]5C6C[C@@]6(O)CC[C@@H]5[C@H]4CC[C@]23C)sc1C. The Morgan fingerprint density at radius 3 is 2.40 bits per heavy atom. The topological polar surface area (TPSA) is 50.2 Å². The molecule has 5 aliphatic rings. The highest BCUT2D eigenvalue weighted by Gasteiger charge is 2.65. The van der Waals surface area contributed by atoms with Gasteiger partial charge >= 0.3 is 0 Å². The van der Waals surface area contributed by atoms with Gasteiger partial charge in [0.05, 0.1) is 17.7 Å². The van der Waals surface area contributed by atoms with Crippen LogP contribution in [0.25, 0.3) is 0 Å². The Balaban J connectivity index is 1.19. The van der Waals surface area contributed by atoms with Crippen molar-refractivity contribution in [2.24, 2.45) is 46.8 Å². The van der Waals surface area contributed by atoms with Crippen molar-refractivity contribution >= 4 is 17.1 Å². The molecule has 164 valence electrons. The average Bonchev–Trinajstić information content (AvgIpc) is 3.13. The fourth-order valence-corrected chi connectivity index (χ4v) is 10.0. The van der Waals surface area contributed by atoms with Gasteiger partial charge in [0.1, 0.15) is 10.8 Å². The summed E-state index contributed by atoms with van der Waals surface area (Å²) in [5, 5.41) is 11.7. The summed E-state index contributed by atoms with van der Waals surface area (Å²) >= 11 is 1.71. The number of aliphatic hydroxyl groups is 1. The summed E-state index contributed by atoms with van der Waals surface area (Å²) in [7, 11) is 0. The van der Waals surface area contributed by atoms with E-state index in [-0.39, 0.29) is 16.9 Å². The second-order valence-corrected chi connectivity index (χ2v) is 13.1. The third-order valence-corrected chi connectivity index (χ3v) is 11.8. The van der Waals surface area contributed by atoms with Crippen molar-refractivity contribution in [3.05, 3.63) is 15.6 Å². The monoisotopic (exact) mass is 427 g/mol. The first-order valence-electron chi connectivity index (χ1n) is 12.5. The van der Waals surface area contributed by atoms with Gasteiger partial charge in [-0.25, -0.2) is 4.98 Å². The number of hydrogen-bond acceptors (Lipinski definition) is 4. The number of thiazole rings is 1. The fraction of sp³-hybridized carbons (Fsp3) is 0.846. The highest BCUT2D eigenvalue weighted by Crippen LogP contribution is 2.68. The first-order chi connectivity index (χ1) is 14.3. The maximum absolute atomic E-state index is 13.4. The molecule has 0 amide bonds. The molecule has 4 heteroatoms. The largest absolute Gasteiger partial charge is 0.390 e. The normalized spacial score (nSPS) is 49.0. The standard InChI is InChI=1S/C26H37NO2S/c1-14-15(2)30-24(27-14)12-23(28)21-7-6-20-18-4-5-19-17(9-11-26(29)13-22(19)26)16(18)8-10-25(20,21)3/h16-22,29H,4-13H2,1-3H3/t16-,17-,18-,19+,20+,21-,22?,25+,26+/m1/s1. The molecule has 5 aliphatic carbocycles. The van der Waals surface area contributed by atoms with E-state index < -0.39 is 0 Å². The van der Waals surface area contributed by atoms with Gasteiger partial charge in [0, 0.05) is 10.8 Å². The lowest BCUT2D eigenvalue weighted by molar-refractivity contribution is -0.130. The highest BCUT2D eigenvalue weighted by atomic mass is 32.1. The zero-order valence-corrected chi connectivity index (χ0v) is 19.6. The molecular formula is C26H37NO2S. The predicted molar refractivity (Wildman–Crippen MR) is 119 cm³/mol. The Morgan fingerprint density at radius 1 is 1.00 bits per heavy atom. The van der Waals surface area contributed by atoms with Gasteiger partial charge in [0.25, 0.3) is 0 Å². The molecule has 5 saturated carbocycles. The zero-order chi connectivity index (χ0) is 20.8. The van der Waals surface area contributed by atoms with Crippen LogP contribution in [-0.2, 0) is 11.2 Å². The molecule has 0 bridgehead atoms. The molecular weight excluding hydrogens is 390 g/mol. The molecule has 5 fully saturated rings. The van der Waals surface area contributed by atoms with E-state index in [1.807, 2.05) is 0 Å². The van der Waals surface area contributed by atoms with Gasteiger partial charge in [0.2, 0.25) is 0 Å². The Labute approximate surface area is 185 Å². The molecule has 0 spiro atoms. The minimum atomic E-state index is -0.269. The summed E-state index contributed by atoms with van der Waals surface area (Å²) in [5.74, 6) is 5.41. The molecule has 1 unspecified atom stereocenters. The van der Waals surface area contributed by atoms with Crippen LogP contribution in [0.1, 0.15) is 80.3 Å². The van der Waals surface area contributed by atoms with Crippen LogP contribution in [0.5, 0.6) is 0 Å². The third-order valence-electron chi connectivity index (χ3n) is 10.7. The number of fused-ring (bicyclic) bond motifs is 7. The summed E-state index contributed by atoms with van der Waals surface area (Å²) in [6.07, 6.45) is 11.5. The second-order valence-electron chi connectivity index (χ2n) is 11.9. The van der Waals surface area contributed by atoms with Crippen LogP contribution in [-0.4, -0.2) is 21.5 Å². The number of nitrogens with zero attached hydrogens (tertiary/aromatic N) is 1. The van der Waals surface area contributed by atoms with Crippen LogP contribution in [0, 0.1) is 60.7 Å². The molecule has 1 aromatic rings. The summed E-state index contributed by atoms with van der Waals surface area (Å²) in [4.78, 5) is 19.3. The van der Waals surface area contributed by atoms with E-state index in [0.29, 0.717) is 18.1 Å². The van der Waals surface area contributed by atoms with Crippen LogP contribution < -0.4 is 0 Å². The summed E-state index contributed by atoms with van der Waals surface area (Å²) in [5.41, 5.74) is 1.03. The molecule has 30 heavy (non-hydrogen) atoms. The number of aromatic nitrogens is 1. The summed E-state index contributed by atoms with van der Waals surface area (Å²) in [6, 6.07) is 0. The lowest BCUT2D eigenvalue weighted by Crippen LogP contribution is -2.50. The summed E-state index contributed by atoms with van der Waals surface area (Å²) in [6.45, 7) is 6.63. The van der Waals surface area contributed by atoms with E-state index in [1.165, 1.54) is 43.4 Å². The molecule has 0 radical (unpaired) electrons. The van der Waals surface area contributed by atoms with Crippen molar-refractivity contribution in [1.29, 1.82) is 0 Å². The Kier molecular flexibility index (Phi) is 4.40. The smallest absolute Gasteiger partial charge is 0.143 e. The molecule has 1 N–H and O–H groups in total. The molecule has 0 aliphatic heterocycles.